The fourth-order valence-corrected chi connectivity index (χ4v) is 3.73. The molecule has 0 radical (unpaired) electrons. The number of nitrogens with zero attached hydrogens (tertiary/aromatic N) is 1. The minimum Gasteiger partial charge on any atom is -0.385 e. The highest BCUT2D eigenvalue weighted by atomic mass is 79.9. The zero-order chi connectivity index (χ0) is 13.5. The van der Waals surface area contributed by atoms with Gasteiger partial charge >= 0.3 is 0 Å². The average Bonchev–Trinajstić information content (AvgIpc) is 2.76. The van der Waals surface area contributed by atoms with Gasteiger partial charge in [0.25, 0.3) is 0 Å². The van der Waals surface area contributed by atoms with E-state index in [1.807, 2.05) is 0 Å². The first-order valence-electron chi connectivity index (χ1n) is 6.30. The minimum absolute atomic E-state index is 0.170. The molecule has 0 aliphatic rings. The van der Waals surface area contributed by atoms with Gasteiger partial charge < -0.3 is 10.5 Å². The van der Waals surface area contributed by atoms with E-state index in [0.29, 0.717) is 6.04 Å². The van der Waals surface area contributed by atoms with Gasteiger partial charge in [0.2, 0.25) is 0 Å². The molecule has 2 atom stereocenters. The summed E-state index contributed by atoms with van der Waals surface area (Å²) >= 11 is 5.29. The monoisotopic (exact) mass is 334 g/mol. The van der Waals surface area contributed by atoms with Crippen LogP contribution in [0.15, 0.2) is 15.9 Å². The van der Waals surface area contributed by atoms with E-state index in [1.165, 1.54) is 4.88 Å². The lowest BCUT2D eigenvalue weighted by molar-refractivity contribution is 0.157. The molecule has 2 N–H and O–H groups in total. The number of hydrogen-bond acceptors (Lipinski definition) is 4. The SMILES string of the molecule is CCC(N)C(c1ccc(Br)s1)N(C)CCCOC. The van der Waals surface area contributed by atoms with Crippen molar-refractivity contribution in [1.82, 2.24) is 4.90 Å². The van der Waals surface area contributed by atoms with E-state index >= 15 is 0 Å². The second-order valence-corrected chi connectivity index (χ2v) is 6.98. The van der Waals surface area contributed by atoms with Gasteiger partial charge in [-0.2, -0.15) is 0 Å². The van der Waals surface area contributed by atoms with E-state index in [9.17, 15) is 0 Å². The largest absolute Gasteiger partial charge is 0.385 e. The van der Waals surface area contributed by atoms with Gasteiger partial charge in [0.05, 0.1) is 9.83 Å². The van der Waals surface area contributed by atoms with E-state index in [-0.39, 0.29) is 6.04 Å². The Labute approximate surface area is 122 Å². The summed E-state index contributed by atoms with van der Waals surface area (Å²) in [4.78, 5) is 3.67. The highest BCUT2D eigenvalue weighted by molar-refractivity contribution is 9.11. The Bertz CT molecular complexity index is 345. The van der Waals surface area contributed by atoms with Crippen LogP contribution in [0, 0.1) is 0 Å². The molecule has 0 saturated carbocycles. The Morgan fingerprint density at radius 1 is 1.50 bits per heavy atom. The van der Waals surface area contributed by atoms with Crippen molar-refractivity contribution in [2.24, 2.45) is 5.73 Å². The summed E-state index contributed by atoms with van der Waals surface area (Å²) in [7, 11) is 3.88. The molecule has 1 aromatic rings. The molecule has 2 unspecified atom stereocenters. The van der Waals surface area contributed by atoms with Crippen LogP contribution in [0.1, 0.15) is 30.7 Å². The summed E-state index contributed by atoms with van der Waals surface area (Å²) in [5.41, 5.74) is 6.28. The number of rotatable bonds is 8. The van der Waals surface area contributed by atoms with Gasteiger partial charge in [-0.1, -0.05) is 6.92 Å². The van der Waals surface area contributed by atoms with Gasteiger partial charge in [0.15, 0.2) is 0 Å². The van der Waals surface area contributed by atoms with Crippen LogP contribution in [0.4, 0.5) is 0 Å². The number of thiophene rings is 1. The Morgan fingerprint density at radius 3 is 2.72 bits per heavy atom. The normalized spacial score (nSPS) is 15.0. The van der Waals surface area contributed by atoms with Gasteiger partial charge in [-0.3, -0.25) is 4.90 Å². The average molecular weight is 335 g/mol. The fourth-order valence-electron chi connectivity index (χ4n) is 2.06. The maximum Gasteiger partial charge on any atom is 0.0702 e. The fraction of sp³-hybridized carbons (Fsp3) is 0.692. The standard InChI is InChI=1S/C13H23BrN2OS/c1-4-10(15)13(11-6-7-12(14)18-11)16(2)8-5-9-17-3/h6-7,10,13H,4-5,8-9,15H2,1-3H3. The highest BCUT2D eigenvalue weighted by Crippen LogP contribution is 2.32. The van der Waals surface area contributed by atoms with Crippen LogP contribution in [0.3, 0.4) is 0 Å². The summed E-state index contributed by atoms with van der Waals surface area (Å²) in [6.45, 7) is 3.94. The topological polar surface area (TPSA) is 38.5 Å². The van der Waals surface area contributed by atoms with E-state index in [1.54, 1.807) is 18.4 Å². The molecule has 0 bridgehead atoms. The van der Waals surface area contributed by atoms with Crippen molar-refractivity contribution in [3.8, 4) is 0 Å². The van der Waals surface area contributed by atoms with Gasteiger partial charge in [-0.15, -0.1) is 11.3 Å². The lowest BCUT2D eigenvalue weighted by atomic mass is 10.0. The van der Waals surface area contributed by atoms with Crippen LogP contribution < -0.4 is 5.73 Å². The summed E-state index contributed by atoms with van der Waals surface area (Å²) in [6, 6.07) is 4.73. The molecular weight excluding hydrogens is 312 g/mol. The first-order valence-corrected chi connectivity index (χ1v) is 7.91. The van der Waals surface area contributed by atoms with Crippen LogP contribution in [0.5, 0.6) is 0 Å². The highest BCUT2D eigenvalue weighted by Gasteiger charge is 2.24. The molecule has 1 rings (SSSR count). The Balaban J connectivity index is 2.72. The summed E-state index contributed by atoms with van der Waals surface area (Å²) in [5.74, 6) is 0. The second kappa shape index (κ2) is 8.27. The van der Waals surface area contributed by atoms with Gasteiger partial charge in [-0.25, -0.2) is 0 Å². The molecule has 104 valence electrons. The van der Waals surface area contributed by atoms with Crippen molar-refractivity contribution in [3.05, 3.63) is 20.8 Å². The predicted octanol–water partition coefficient (Wildman–Crippen LogP) is 3.26. The molecule has 0 aromatic carbocycles. The summed E-state index contributed by atoms with van der Waals surface area (Å²) in [5, 5.41) is 0. The zero-order valence-corrected chi connectivity index (χ0v) is 13.8. The first-order chi connectivity index (χ1) is 8.60. The number of hydrogen-bond donors (Lipinski definition) is 1. The molecule has 1 aromatic heterocycles. The maximum atomic E-state index is 6.28. The molecule has 0 amide bonds. The predicted molar refractivity (Wildman–Crippen MR) is 82.1 cm³/mol. The van der Waals surface area contributed by atoms with Crippen molar-refractivity contribution in [2.45, 2.75) is 31.8 Å². The number of nitrogens with two attached hydrogens (primary N) is 1. The van der Waals surface area contributed by atoms with Crippen LogP contribution in [0.2, 0.25) is 0 Å². The molecule has 0 aliphatic heterocycles. The minimum atomic E-state index is 0.170. The van der Waals surface area contributed by atoms with Crippen LogP contribution in [0.25, 0.3) is 0 Å². The summed E-state index contributed by atoms with van der Waals surface area (Å²) in [6.07, 6.45) is 2.02. The van der Waals surface area contributed by atoms with Gasteiger partial charge in [0, 0.05) is 31.2 Å². The van der Waals surface area contributed by atoms with Gasteiger partial charge in [0.1, 0.15) is 0 Å². The van der Waals surface area contributed by atoms with Crippen molar-refractivity contribution < 1.29 is 4.74 Å². The van der Waals surface area contributed by atoms with Crippen molar-refractivity contribution in [2.75, 3.05) is 27.3 Å². The Kier molecular flexibility index (Phi) is 7.41. The third kappa shape index (κ3) is 4.63. The van der Waals surface area contributed by atoms with E-state index in [2.05, 4.69) is 46.9 Å². The smallest absolute Gasteiger partial charge is 0.0702 e. The molecule has 5 heteroatoms. The summed E-state index contributed by atoms with van der Waals surface area (Å²) < 4.78 is 6.27. The van der Waals surface area contributed by atoms with Crippen molar-refractivity contribution >= 4 is 27.3 Å². The zero-order valence-electron chi connectivity index (χ0n) is 11.4. The number of ether oxygens (including phenoxy) is 1. The molecule has 18 heavy (non-hydrogen) atoms. The molecular formula is C13H23BrN2OS. The van der Waals surface area contributed by atoms with E-state index < -0.39 is 0 Å². The maximum absolute atomic E-state index is 6.28. The van der Waals surface area contributed by atoms with Crippen LogP contribution >= 0.6 is 27.3 Å². The molecule has 0 aliphatic carbocycles. The number of halogens is 1. The Hall–Kier alpha value is 0.0600. The third-order valence-corrected chi connectivity index (χ3v) is 4.79. The Morgan fingerprint density at radius 2 is 2.22 bits per heavy atom. The van der Waals surface area contributed by atoms with Gasteiger partial charge in [-0.05, 0) is 48.0 Å². The molecule has 3 nitrogen and oxygen atoms in total. The molecule has 0 fully saturated rings. The third-order valence-electron chi connectivity index (χ3n) is 3.10. The van der Waals surface area contributed by atoms with Crippen LogP contribution in [-0.4, -0.2) is 38.3 Å². The first kappa shape index (κ1) is 16.1. The lowest BCUT2D eigenvalue weighted by Gasteiger charge is -2.31. The number of methoxy groups -OCH3 is 1. The van der Waals surface area contributed by atoms with E-state index in [0.717, 1.165) is 29.8 Å². The molecule has 1 heterocycles. The lowest BCUT2D eigenvalue weighted by Crippen LogP contribution is -2.39. The number of likely N-dealkylation sites (N-methyl/N-ethyl adjacent to an activating group) is 1. The van der Waals surface area contributed by atoms with Crippen LogP contribution in [-0.2, 0) is 4.74 Å². The molecule has 0 saturated heterocycles. The van der Waals surface area contributed by atoms with E-state index in [4.69, 9.17) is 10.5 Å². The molecule has 0 spiro atoms. The van der Waals surface area contributed by atoms with Crippen molar-refractivity contribution in [1.29, 1.82) is 0 Å². The quantitative estimate of drug-likeness (QED) is 0.741. The van der Waals surface area contributed by atoms with Crippen molar-refractivity contribution in [3.63, 3.8) is 0 Å². The second-order valence-electron chi connectivity index (χ2n) is 4.49.